The molecule has 0 unspecified atom stereocenters. The Morgan fingerprint density at radius 1 is 1.21 bits per heavy atom. The first-order valence-electron chi connectivity index (χ1n) is 9.34. The zero-order valence-corrected chi connectivity index (χ0v) is 18.2. The lowest BCUT2D eigenvalue weighted by molar-refractivity contribution is -0.115. The lowest BCUT2D eigenvalue weighted by atomic mass is 10.4. The number of hydrogen-bond donors (Lipinski definition) is 1. The summed E-state index contributed by atoms with van der Waals surface area (Å²) in [6.45, 7) is 7.20. The Balaban J connectivity index is 1.63. The van der Waals surface area contributed by atoms with E-state index in [0.717, 1.165) is 0 Å². The van der Waals surface area contributed by atoms with Crippen molar-refractivity contribution in [2.75, 3.05) is 31.6 Å². The molecule has 29 heavy (non-hydrogen) atoms. The van der Waals surface area contributed by atoms with Crippen molar-refractivity contribution in [3.05, 3.63) is 30.6 Å². The zero-order chi connectivity index (χ0) is 21.0. The summed E-state index contributed by atoms with van der Waals surface area (Å²) in [6, 6.07) is 5.03. The second-order valence-corrected chi connectivity index (χ2v) is 10.2. The fourth-order valence-electron chi connectivity index (χ4n) is 2.81. The van der Waals surface area contributed by atoms with Crippen molar-refractivity contribution in [1.82, 2.24) is 19.1 Å². The number of sulfonamides is 1. The van der Waals surface area contributed by atoms with Crippen molar-refractivity contribution < 1.29 is 17.9 Å². The molecule has 0 aromatic carbocycles. The Labute approximate surface area is 174 Å². The van der Waals surface area contributed by atoms with E-state index in [2.05, 4.69) is 15.4 Å². The van der Waals surface area contributed by atoms with E-state index in [-0.39, 0.29) is 16.8 Å². The monoisotopic (exact) mass is 439 g/mol. The summed E-state index contributed by atoms with van der Waals surface area (Å²) in [5.74, 6) is 0.460. The van der Waals surface area contributed by atoms with Crippen LogP contribution in [0, 0.1) is 0 Å². The van der Waals surface area contributed by atoms with Gasteiger partial charge in [-0.2, -0.15) is 9.40 Å². The lowest BCUT2D eigenvalue weighted by Gasteiger charge is -2.25. The van der Waals surface area contributed by atoms with Gasteiger partial charge in [-0.25, -0.2) is 18.1 Å². The second-order valence-electron chi connectivity index (χ2n) is 6.85. The second kappa shape index (κ2) is 9.24. The van der Waals surface area contributed by atoms with Crippen molar-refractivity contribution in [3.8, 4) is 0 Å². The minimum absolute atomic E-state index is 0.130. The summed E-state index contributed by atoms with van der Waals surface area (Å²) in [5.41, 5.74) is 0. The number of pyridine rings is 1. The van der Waals surface area contributed by atoms with E-state index < -0.39 is 15.3 Å². The third-order valence-corrected chi connectivity index (χ3v) is 7.33. The lowest BCUT2D eigenvalue weighted by Crippen LogP contribution is -2.40. The molecule has 9 nitrogen and oxygen atoms in total. The van der Waals surface area contributed by atoms with Gasteiger partial charge in [0.15, 0.2) is 0 Å². The van der Waals surface area contributed by atoms with Gasteiger partial charge in [-0.3, -0.25) is 4.79 Å². The fraction of sp³-hybridized carbons (Fsp3) is 0.500. The molecule has 1 aliphatic heterocycles. The third kappa shape index (κ3) is 5.16. The number of carbonyl (C=O) groups is 1. The van der Waals surface area contributed by atoms with Crippen LogP contribution in [0.1, 0.15) is 26.8 Å². The van der Waals surface area contributed by atoms with Crippen LogP contribution < -0.4 is 5.32 Å². The number of hydrogen-bond acceptors (Lipinski definition) is 7. The highest BCUT2D eigenvalue weighted by Gasteiger charge is 2.27. The number of rotatable bonds is 7. The van der Waals surface area contributed by atoms with E-state index in [1.165, 1.54) is 28.3 Å². The first-order chi connectivity index (χ1) is 13.8. The predicted molar refractivity (Wildman–Crippen MR) is 110 cm³/mol. The summed E-state index contributed by atoms with van der Waals surface area (Å²) < 4.78 is 33.6. The molecule has 2 aromatic heterocycles. The topological polar surface area (TPSA) is 106 Å². The number of nitrogens with zero attached hydrogens (tertiary/aromatic N) is 4. The van der Waals surface area contributed by atoms with Crippen molar-refractivity contribution in [2.24, 2.45) is 0 Å². The molecular formula is C18H25N5O4S2. The zero-order valence-electron chi connectivity index (χ0n) is 16.6. The Bertz CT molecular complexity index is 937. The van der Waals surface area contributed by atoms with E-state index in [1.807, 2.05) is 13.8 Å². The minimum Gasteiger partial charge on any atom is -0.379 e. The smallest absolute Gasteiger partial charge is 0.244 e. The molecule has 1 atom stereocenters. The number of morpholine rings is 1. The quantitative estimate of drug-likeness (QED) is 0.658. The van der Waals surface area contributed by atoms with E-state index >= 15 is 0 Å². The summed E-state index contributed by atoms with van der Waals surface area (Å²) in [5, 5.41) is 7.22. The molecular weight excluding hydrogens is 414 g/mol. The van der Waals surface area contributed by atoms with Gasteiger partial charge >= 0.3 is 0 Å². The van der Waals surface area contributed by atoms with E-state index in [9.17, 15) is 13.2 Å². The normalized spacial score (nSPS) is 16.7. The van der Waals surface area contributed by atoms with Crippen LogP contribution in [0.5, 0.6) is 0 Å². The van der Waals surface area contributed by atoms with Crippen LogP contribution >= 0.6 is 11.8 Å². The van der Waals surface area contributed by atoms with Crippen molar-refractivity contribution in [3.63, 3.8) is 0 Å². The molecule has 3 heterocycles. The Morgan fingerprint density at radius 3 is 2.55 bits per heavy atom. The Morgan fingerprint density at radius 2 is 1.93 bits per heavy atom. The molecule has 0 spiro atoms. The van der Waals surface area contributed by atoms with Crippen LogP contribution in [-0.4, -0.2) is 64.9 Å². The summed E-state index contributed by atoms with van der Waals surface area (Å²) >= 11 is 1.26. The third-order valence-electron chi connectivity index (χ3n) is 4.39. The van der Waals surface area contributed by atoms with Gasteiger partial charge in [-0.15, -0.1) is 0 Å². The maximum absolute atomic E-state index is 12.6. The van der Waals surface area contributed by atoms with Gasteiger partial charge in [-0.05, 0) is 32.9 Å². The number of thioether (sulfide) groups is 1. The molecule has 1 N–H and O–H groups in total. The van der Waals surface area contributed by atoms with E-state index in [4.69, 9.17) is 4.74 Å². The molecule has 1 amide bonds. The van der Waals surface area contributed by atoms with Crippen LogP contribution in [0.4, 0.5) is 5.82 Å². The molecule has 0 saturated carbocycles. The van der Waals surface area contributed by atoms with Gasteiger partial charge in [0.1, 0.15) is 10.7 Å². The molecule has 11 heteroatoms. The van der Waals surface area contributed by atoms with Gasteiger partial charge < -0.3 is 10.1 Å². The number of aromatic nitrogens is 3. The molecule has 0 aliphatic carbocycles. The van der Waals surface area contributed by atoms with Gasteiger partial charge in [0.05, 0.1) is 29.7 Å². The van der Waals surface area contributed by atoms with Crippen LogP contribution in [0.2, 0.25) is 0 Å². The van der Waals surface area contributed by atoms with Crippen molar-refractivity contribution in [1.29, 1.82) is 0 Å². The Kier molecular flexibility index (Phi) is 6.93. The van der Waals surface area contributed by atoms with Gasteiger partial charge in [0.25, 0.3) is 0 Å². The van der Waals surface area contributed by atoms with E-state index in [0.29, 0.717) is 37.1 Å². The standard InChI is InChI=1S/C18H25N5O4S2/c1-13(2)23-16(6-7-20-23)21-18(24)14(3)28-17-5-4-15(12-19-17)29(25,26)22-8-10-27-11-9-22/h4-7,12-14H,8-11H2,1-3H3,(H,21,24)/t14-/m0/s1. The molecule has 158 valence electrons. The fourth-order valence-corrected chi connectivity index (χ4v) is 4.95. The minimum atomic E-state index is -3.58. The molecule has 3 rings (SSSR count). The SMILES string of the molecule is CC(C)n1nccc1NC(=O)[C@H](C)Sc1ccc(S(=O)(=O)N2CCOCC2)cn1. The molecule has 0 bridgehead atoms. The van der Waals surface area contributed by atoms with Crippen LogP contribution in [0.3, 0.4) is 0 Å². The van der Waals surface area contributed by atoms with E-state index in [1.54, 1.807) is 29.9 Å². The maximum Gasteiger partial charge on any atom is 0.244 e. The highest BCUT2D eigenvalue weighted by atomic mass is 32.2. The predicted octanol–water partition coefficient (Wildman–Crippen LogP) is 2.00. The van der Waals surface area contributed by atoms with Crippen LogP contribution in [-0.2, 0) is 19.6 Å². The molecule has 1 fully saturated rings. The highest BCUT2D eigenvalue weighted by molar-refractivity contribution is 8.00. The molecule has 0 radical (unpaired) electrons. The van der Waals surface area contributed by atoms with Gasteiger partial charge in [-0.1, -0.05) is 11.8 Å². The summed E-state index contributed by atoms with van der Waals surface area (Å²) in [6.07, 6.45) is 2.98. The first kappa shape index (κ1) is 21.8. The highest BCUT2D eigenvalue weighted by Crippen LogP contribution is 2.25. The molecule has 1 aliphatic rings. The number of ether oxygens (including phenoxy) is 1. The maximum atomic E-state index is 12.6. The summed E-state index contributed by atoms with van der Waals surface area (Å²) in [7, 11) is -3.58. The number of amides is 1. The van der Waals surface area contributed by atoms with Crippen LogP contribution in [0.25, 0.3) is 0 Å². The Hall–Kier alpha value is -1.95. The van der Waals surface area contributed by atoms with Crippen LogP contribution in [0.15, 0.2) is 40.5 Å². The average Bonchev–Trinajstić information content (AvgIpc) is 3.17. The first-order valence-corrected chi connectivity index (χ1v) is 11.7. The average molecular weight is 440 g/mol. The van der Waals surface area contributed by atoms with Gasteiger partial charge in [0, 0.05) is 31.4 Å². The largest absolute Gasteiger partial charge is 0.379 e. The number of carbonyl (C=O) groups excluding carboxylic acids is 1. The molecule has 1 saturated heterocycles. The van der Waals surface area contributed by atoms with Crippen molar-refractivity contribution >= 4 is 33.5 Å². The van der Waals surface area contributed by atoms with Crippen molar-refractivity contribution in [2.45, 2.75) is 42.0 Å². The molecule has 2 aromatic rings. The number of anilines is 1. The number of nitrogens with one attached hydrogen (secondary N) is 1. The summed E-state index contributed by atoms with van der Waals surface area (Å²) in [4.78, 5) is 16.9. The van der Waals surface area contributed by atoms with Gasteiger partial charge in [0.2, 0.25) is 15.9 Å².